The molecule has 0 aliphatic rings. The lowest BCUT2D eigenvalue weighted by molar-refractivity contribution is 0.0954. The number of carbonyl (C=O) groups is 1. The molecule has 0 saturated heterocycles. The van der Waals surface area contributed by atoms with Crippen LogP contribution in [0.1, 0.15) is 68.6 Å². The molecular weight excluding hydrogens is 446 g/mol. The monoisotopic (exact) mass is 481 g/mol. The van der Waals surface area contributed by atoms with Crippen molar-refractivity contribution in [3.63, 3.8) is 0 Å². The van der Waals surface area contributed by atoms with Crippen molar-refractivity contribution < 1.29 is 13.2 Å². The molecular formula is C24H36ClN3O3S. The summed E-state index contributed by atoms with van der Waals surface area (Å²) >= 11 is 0. The second-order valence-corrected chi connectivity index (χ2v) is 11.6. The van der Waals surface area contributed by atoms with Crippen molar-refractivity contribution >= 4 is 28.3 Å². The first-order valence-electron chi connectivity index (χ1n) is 10.5. The van der Waals surface area contributed by atoms with Crippen LogP contribution in [0.4, 0.5) is 0 Å². The molecule has 0 aliphatic carbocycles. The van der Waals surface area contributed by atoms with Gasteiger partial charge in [-0.25, -0.2) is 13.1 Å². The summed E-state index contributed by atoms with van der Waals surface area (Å²) in [4.78, 5) is 12.2. The van der Waals surface area contributed by atoms with E-state index >= 15 is 0 Å². The van der Waals surface area contributed by atoms with Gasteiger partial charge in [0.1, 0.15) is 0 Å². The van der Waals surface area contributed by atoms with Crippen LogP contribution >= 0.6 is 12.4 Å². The second kappa shape index (κ2) is 10.8. The molecule has 0 atom stereocenters. The smallest absolute Gasteiger partial charge is 0.251 e. The zero-order valence-corrected chi connectivity index (χ0v) is 21.4. The van der Waals surface area contributed by atoms with Crippen LogP contribution in [0, 0.1) is 0 Å². The number of nitrogens with two attached hydrogens (primary N) is 1. The summed E-state index contributed by atoms with van der Waals surface area (Å²) in [5.41, 5.74) is 8.28. The van der Waals surface area contributed by atoms with E-state index in [-0.39, 0.29) is 40.6 Å². The summed E-state index contributed by atoms with van der Waals surface area (Å²) in [5, 5.41) is 2.71. The van der Waals surface area contributed by atoms with Gasteiger partial charge in [-0.3, -0.25) is 4.79 Å². The second-order valence-electron chi connectivity index (χ2n) is 9.81. The first-order valence-corrected chi connectivity index (χ1v) is 12.0. The van der Waals surface area contributed by atoms with Gasteiger partial charge < -0.3 is 11.1 Å². The van der Waals surface area contributed by atoms with Crippen LogP contribution < -0.4 is 15.8 Å². The molecule has 178 valence electrons. The molecule has 0 bridgehead atoms. The fourth-order valence-corrected chi connectivity index (χ4v) is 4.03. The van der Waals surface area contributed by atoms with Crippen LogP contribution in [-0.4, -0.2) is 27.4 Å². The Kier molecular flexibility index (Phi) is 9.48. The lowest BCUT2D eigenvalue weighted by Gasteiger charge is -2.26. The summed E-state index contributed by atoms with van der Waals surface area (Å²) in [6.07, 6.45) is 0. The molecule has 8 heteroatoms. The van der Waals surface area contributed by atoms with Gasteiger partial charge in [0, 0.05) is 25.2 Å². The SMILES string of the molecule is CC(C)(C)c1cc(C(C)(C)C)cc(S(=O)(=O)NCc2ccc(C(=O)NCCN)cc2)c1.Cl. The van der Waals surface area contributed by atoms with Crippen LogP contribution in [0.3, 0.4) is 0 Å². The molecule has 0 unspecified atom stereocenters. The Hall–Kier alpha value is -1.93. The third kappa shape index (κ3) is 7.59. The van der Waals surface area contributed by atoms with Gasteiger partial charge in [-0.2, -0.15) is 0 Å². The van der Waals surface area contributed by atoms with Gasteiger partial charge >= 0.3 is 0 Å². The minimum Gasteiger partial charge on any atom is -0.351 e. The van der Waals surface area contributed by atoms with E-state index in [0.29, 0.717) is 18.7 Å². The van der Waals surface area contributed by atoms with Crippen molar-refractivity contribution in [1.29, 1.82) is 0 Å². The van der Waals surface area contributed by atoms with Crippen LogP contribution in [0.5, 0.6) is 0 Å². The normalized spacial score (nSPS) is 12.2. The zero-order chi connectivity index (χ0) is 23.4. The molecule has 2 aromatic rings. The molecule has 0 spiro atoms. The molecule has 0 aromatic heterocycles. The molecule has 0 heterocycles. The van der Waals surface area contributed by atoms with Crippen molar-refractivity contribution in [2.75, 3.05) is 13.1 Å². The standard InChI is InChI=1S/C24H35N3O3S.ClH/c1-23(2,3)19-13-20(24(4,5)6)15-21(14-19)31(29,30)27-16-17-7-9-18(10-8-17)22(28)26-12-11-25;/h7-10,13-15,27H,11-12,16,25H2,1-6H3,(H,26,28);1H. The molecule has 32 heavy (non-hydrogen) atoms. The lowest BCUT2D eigenvalue weighted by atomic mass is 9.81. The number of halogens is 1. The topological polar surface area (TPSA) is 101 Å². The Morgan fingerprint density at radius 1 is 0.906 bits per heavy atom. The largest absolute Gasteiger partial charge is 0.351 e. The van der Waals surface area contributed by atoms with Crippen molar-refractivity contribution in [1.82, 2.24) is 10.0 Å². The van der Waals surface area contributed by atoms with E-state index in [4.69, 9.17) is 5.73 Å². The Morgan fingerprint density at radius 2 is 1.41 bits per heavy atom. The summed E-state index contributed by atoms with van der Waals surface area (Å²) in [7, 11) is -3.71. The minimum absolute atomic E-state index is 0. The lowest BCUT2D eigenvalue weighted by Crippen LogP contribution is -2.29. The van der Waals surface area contributed by atoms with E-state index in [9.17, 15) is 13.2 Å². The Bertz CT molecular complexity index is 990. The molecule has 0 fully saturated rings. The third-order valence-electron chi connectivity index (χ3n) is 5.06. The van der Waals surface area contributed by atoms with E-state index < -0.39 is 10.0 Å². The summed E-state index contributed by atoms with van der Waals surface area (Å²) in [5.74, 6) is -0.203. The van der Waals surface area contributed by atoms with Crippen molar-refractivity contribution in [2.24, 2.45) is 5.73 Å². The van der Waals surface area contributed by atoms with Gasteiger partial charge in [0.25, 0.3) is 5.91 Å². The van der Waals surface area contributed by atoms with Crippen LogP contribution in [0.2, 0.25) is 0 Å². The average Bonchev–Trinajstić information content (AvgIpc) is 2.69. The number of benzene rings is 2. The van der Waals surface area contributed by atoms with E-state index in [0.717, 1.165) is 16.7 Å². The van der Waals surface area contributed by atoms with Gasteiger partial charge in [-0.1, -0.05) is 59.7 Å². The maximum Gasteiger partial charge on any atom is 0.251 e. The van der Waals surface area contributed by atoms with E-state index in [1.165, 1.54) is 0 Å². The number of hydrogen-bond acceptors (Lipinski definition) is 4. The number of amides is 1. The van der Waals surface area contributed by atoms with E-state index in [2.05, 4.69) is 57.6 Å². The number of hydrogen-bond donors (Lipinski definition) is 3. The molecule has 4 N–H and O–H groups in total. The first kappa shape index (κ1) is 28.1. The average molecular weight is 482 g/mol. The Morgan fingerprint density at radius 3 is 1.84 bits per heavy atom. The highest BCUT2D eigenvalue weighted by Crippen LogP contribution is 2.31. The molecule has 0 aliphatic heterocycles. The van der Waals surface area contributed by atoms with Gasteiger partial charge in [0.2, 0.25) is 10.0 Å². The van der Waals surface area contributed by atoms with Crippen molar-refractivity contribution in [3.8, 4) is 0 Å². The fourth-order valence-electron chi connectivity index (χ4n) is 2.94. The fraction of sp³-hybridized carbons (Fsp3) is 0.458. The summed E-state index contributed by atoms with van der Waals surface area (Å²) < 4.78 is 28.8. The maximum atomic E-state index is 13.1. The molecule has 1 amide bonds. The molecule has 6 nitrogen and oxygen atoms in total. The predicted octanol–water partition coefficient (Wildman–Crippen LogP) is 3.87. The molecule has 0 saturated carbocycles. The van der Waals surface area contributed by atoms with Crippen LogP contribution in [0.25, 0.3) is 0 Å². The van der Waals surface area contributed by atoms with Gasteiger partial charge in [0.05, 0.1) is 4.90 Å². The number of nitrogens with one attached hydrogen (secondary N) is 2. The van der Waals surface area contributed by atoms with Gasteiger partial charge in [0.15, 0.2) is 0 Å². The van der Waals surface area contributed by atoms with E-state index in [1.54, 1.807) is 36.4 Å². The highest BCUT2D eigenvalue weighted by atomic mass is 35.5. The maximum absolute atomic E-state index is 13.1. The number of carbonyl (C=O) groups excluding carboxylic acids is 1. The quantitative estimate of drug-likeness (QED) is 0.558. The first-order chi connectivity index (χ1) is 14.2. The third-order valence-corrected chi connectivity index (χ3v) is 6.44. The predicted molar refractivity (Wildman–Crippen MR) is 133 cm³/mol. The Labute approximate surface area is 198 Å². The van der Waals surface area contributed by atoms with Crippen LogP contribution in [0.15, 0.2) is 47.4 Å². The number of sulfonamides is 1. The molecule has 0 radical (unpaired) electrons. The highest BCUT2D eigenvalue weighted by Gasteiger charge is 2.24. The molecule has 2 aromatic carbocycles. The van der Waals surface area contributed by atoms with Gasteiger partial charge in [-0.05, 0) is 51.8 Å². The molecule has 2 rings (SSSR count). The van der Waals surface area contributed by atoms with E-state index in [1.807, 2.05) is 0 Å². The Balaban J connectivity index is 0.00000512. The minimum atomic E-state index is -3.71. The van der Waals surface area contributed by atoms with Crippen molar-refractivity contribution in [2.45, 2.75) is 63.8 Å². The summed E-state index contributed by atoms with van der Waals surface area (Å²) in [6.45, 7) is 13.4. The van der Waals surface area contributed by atoms with Crippen molar-refractivity contribution in [3.05, 3.63) is 64.7 Å². The number of rotatable bonds is 7. The summed E-state index contributed by atoms with van der Waals surface area (Å²) in [6, 6.07) is 12.4. The van der Waals surface area contributed by atoms with Crippen LogP contribution in [-0.2, 0) is 27.4 Å². The highest BCUT2D eigenvalue weighted by molar-refractivity contribution is 7.89. The van der Waals surface area contributed by atoms with Gasteiger partial charge in [-0.15, -0.1) is 12.4 Å². The zero-order valence-electron chi connectivity index (χ0n) is 19.8.